The van der Waals surface area contributed by atoms with Crippen LogP contribution in [0.15, 0.2) is 42.6 Å². The highest BCUT2D eigenvalue weighted by Gasteiger charge is 2.13. The van der Waals surface area contributed by atoms with Crippen molar-refractivity contribution in [3.05, 3.63) is 74.4 Å². The number of hydrogen-bond acceptors (Lipinski definition) is 5. The zero-order valence-electron chi connectivity index (χ0n) is 13.4. The number of benzene rings is 2. The van der Waals surface area contributed by atoms with E-state index in [0.717, 1.165) is 11.8 Å². The minimum Gasteiger partial charge on any atom is -0.490 e. The van der Waals surface area contributed by atoms with Crippen LogP contribution in [0.4, 0.5) is 0 Å². The summed E-state index contributed by atoms with van der Waals surface area (Å²) in [5.41, 5.74) is 1.76. The third-order valence-electron chi connectivity index (χ3n) is 3.23. The molecular formula is C18H15ClN2O4. The van der Waals surface area contributed by atoms with Gasteiger partial charge in [0.25, 0.3) is 0 Å². The Morgan fingerprint density at radius 2 is 2.08 bits per heavy atom. The summed E-state index contributed by atoms with van der Waals surface area (Å²) in [7, 11) is 0. The smallest absolute Gasteiger partial charge is 0.235 e. The summed E-state index contributed by atoms with van der Waals surface area (Å²) in [6, 6.07) is 12.4. The van der Waals surface area contributed by atoms with E-state index in [9.17, 15) is 10.1 Å². The van der Waals surface area contributed by atoms with Gasteiger partial charge in [0, 0.05) is 11.6 Å². The molecule has 6 nitrogen and oxygen atoms in total. The molecule has 0 aromatic heterocycles. The average Bonchev–Trinajstić information content (AvgIpc) is 2.59. The minimum absolute atomic E-state index is 0.146. The molecule has 2 aromatic carbocycles. The van der Waals surface area contributed by atoms with E-state index in [1.807, 2.05) is 13.0 Å². The van der Waals surface area contributed by atoms with Gasteiger partial charge in [0.05, 0.1) is 28.2 Å². The topological polar surface area (TPSA) is 85.4 Å². The van der Waals surface area contributed by atoms with Crippen molar-refractivity contribution >= 4 is 17.7 Å². The van der Waals surface area contributed by atoms with Crippen molar-refractivity contribution in [2.75, 3.05) is 6.61 Å². The highest BCUT2D eigenvalue weighted by Crippen LogP contribution is 2.37. The Morgan fingerprint density at radius 1 is 1.32 bits per heavy atom. The molecule has 0 spiro atoms. The van der Waals surface area contributed by atoms with Crippen molar-refractivity contribution in [2.24, 2.45) is 0 Å². The van der Waals surface area contributed by atoms with Crippen molar-refractivity contribution in [2.45, 2.75) is 13.5 Å². The molecule has 0 fully saturated rings. The first-order valence-electron chi connectivity index (χ1n) is 7.44. The van der Waals surface area contributed by atoms with Gasteiger partial charge >= 0.3 is 0 Å². The molecule has 0 amide bonds. The van der Waals surface area contributed by atoms with Gasteiger partial charge in [0.15, 0.2) is 11.5 Å². The van der Waals surface area contributed by atoms with Gasteiger partial charge in [-0.3, -0.25) is 10.1 Å². The fourth-order valence-corrected chi connectivity index (χ4v) is 2.41. The van der Waals surface area contributed by atoms with Crippen molar-refractivity contribution in [1.82, 2.24) is 0 Å². The highest BCUT2D eigenvalue weighted by atomic mass is 35.5. The van der Waals surface area contributed by atoms with E-state index in [1.165, 1.54) is 6.08 Å². The Balaban J connectivity index is 2.30. The summed E-state index contributed by atoms with van der Waals surface area (Å²) in [4.78, 5) is 9.90. The van der Waals surface area contributed by atoms with Gasteiger partial charge in [0.1, 0.15) is 6.61 Å². The summed E-state index contributed by atoms with van der Waals surface area (Å²) >= 11 is 6.25. The fraction of sp³-hybridized carbons (Fsp3) is 0.167. The number of hydrogen-bond donors (Lipinski definition) is 0. The van der Waals surface area contributed by atoms with E-state index in [4.69, 9.17) is 26.3 Å². The molecular weight excluding hydrogens is 344 g/mol. The second-order valence-electron chi connectivity index (χ2n) is 4.92. The molecule has 0 aliphatic rings. The van der Waals surface area contributed by atoms with Crippen LogP contribution >= 0.6 is 11.6 Å². The number of ether oxygens (including phenoxy) is 2. The predicted molar refractivity (Wildman–Crippen MR) is 94.1 cm³/mol. The molecule has 2 rings (SSSR count). The van der Waals surface area contributed by atoms with Crippen molar-refractivity contribution in [3.8, 4) is 17.6 Å². The minimum atomic E-state index is -0.558. The van der Waals surface area contributed by atoms with Crippen molar-refractivity contribution in [1.29, 1.82) is 5.26 Å². The van der Waals surface area contributed by atoms with Crippen LogP contribution in [-0.2, 0) is 6.61 Å². The van der Waals surface area contributed by atoms with E-state index in [1.54, 1.807) is 30.3 Å². The number of nitro groups is 1. The molecule has 128 valence electrons. The van der Waals surface area contributed by atoms with Gasteiger partial charge in [-0.2, -0.15) is 5.26 Å². The second kappa shape index (κ2) is 8.71. The van der Waals surface area contributed by atoms with E-state index in [0.29, 0.717) is 29.2 Å². The highest BCUT2D eigenvalue weighted by molar-refractivity contribution is 6.32. The van der Waals surface area contributed by atoms with Crippen LogP contribution in [0.2, 0.25) is 5.02 Å². The normalized spacial score (nSPS) is 10.4. The molecule has 0 N–H and O–H groups in total. The van der Waals surface area contributed by atoms with Crippen molar-refractivity contribution < 1.29 is 14.4 Å². The number of halogens is 1. The maximum Gasteiger partial charge on any atom is 0.235 e. The summed E-state index contributed by atoms with van der Waals surface area (Å²) in [5, 5.41) is 19.9. The summed E-state index contributed by atoms with van der Waals surface area (Å²) < 4.78 is 11.3. The molecule has 25 heavy (non-hydrogen) atoms. The van der Waals surface area contributed by atoms with Crippen LogP contribution in [0.1, 0.15) is 23.6 Å². The first-order chi connectivity index (χ1) is 12.0. The van der Waals surface area contributed by atoms with Crippen LogP contribution in [-0.4, -0.2) is 11.5 Å². The fourth-order valence-electron chi connectivity index (χ4n) is 2.14. The maximum absolute atomic E-state index is 10.5. The van der Waals surface area contributed by atoms with Crippen LogP contribution in [0.5, 0.6) is 11.5 Å². The van der Waals surface area contributed by atoms with Crippen LogP contribution in [0, 0.1) is 21.4 Å². The van der Waals surface area contributed by atoms with Gasteiger partial charge in [-0.25, -0.2) is 0 Å². The lowest BCUT2D eigenvalue weighted by atomic mass is 10.1. The third-order valence-corrected chi connectivity index (χ3v) is 3.51. The molecule has 0 atom stereocenters. The molecule has 0 heterocycles. The Hall–Kier alpha value is -3.04. The largest absolute Gasteiger partial charge is 0.490 e. The van der Waals surface area contributed by atoms with Crippen LogP contribution in [0.3, 0.4) is 0 Å². The molecule has 0 unspecified atom stereocenters. The Kier molecular flexibility index (Phi) is 6.38. The quantitative estimate of drug-likeness (QED) is 0.539. The number of rotatable bonds is 7. The first-order valence-corrected chi connectivity index (χ1v) is 7.81. The number of nitriles is 1. The molecule has 0 saturated heterocycles. The maximum atomic E-state index is 10.5. The molecule has 7 heteroatoms. The van der Waals surface area contributed by atoms with E-state index in [-0.39, 0.29) is 11.6 Å². The van der Waals surface area contributed by atoms with E-state index in [2.05, 4.69) is 6.07 Å². The van der Waals surface area contributed by atoms with E-state index >= 15 is 0 Å². The van der Waals surface area contributed by atoms with Gasteiger partial charge in [0.2, 0.25) is 6.20 Å². The number of nitrogens with zero attached hydrogens (tertiary/aromatic N) is 2. The molecule has 0 aliphatic carbocycles. The summed E-state index contributed by atoms with van der Waals surface area (Å²) in [6.45, 7) is 2.33. The Bertz CT molecular complexity index is 843. The third kappa shape index (κ3) is 4.96. The second-order valence-corrected chi connectivity index (χ2v) is 5.33. The Morgan fingerprint density at radius 3 is 2.76 bits per heavy atom. The van der Waals surface area contributed by atoms with Gasteiger partial charge in [-0.1, -0.05) is 29.8 Å². The van der Waals surface area contributed by atoms with Gasteiger partial charge in [-0.05, 0) is 30.7 Å². The summed E-state index contributed by atoms with van der Waals surface area (Å²) in [6.07, 6.45) is 2.15. The first kappa shape index (κ1) is 18.3. The lowest BCUT2D eigenvalue weighted by Gasteiger charge is -2.15. The Labute approximate surface area is 150 Å². The molecule has 0 radical (unpaired) electrons. The molecule has 0 bridgehead atoms. The van der Waals surface area contributed by atoms with Crippen molar-refractivity contribution in [3.63, 3.8) is 0 Å². The lowest BCUT2D eigenvalue weighted by molar-refractivity contribution is -0.400. The zero-order chi connectivity index (χ0) is 18.2. The molecule has 0 saturated carbocycles. The van der Waals surface area contributed by atoms with Gasteiger partial charge < -0.3 is 9.47 Å². The van der Waals surface area contributed by atoms with Gasteiger partial charge in [-0.15, -0.1) is 0 Å². The lowest BCUT2D eigenvalue weighted by Crippen LogP contribution is -2.02. The standard InChI is InChI=1S/C18H15ClN2O4/c1-2-24-17-10-13(7-8-21(22)23)9-16(19)18(17)25-12-15-6-4-3-5-14(15)11-20/h3-10H,2,12H2,1H3/b8-7+. The average molecular weight is 359 g/mol. The van der Waals surface area contributed by atoms with Crippen LogP contribution in [0.25, 0.3) is 6.08 Å². The monoisotopic (exact) mass is 358 g/mol. The molecule has 2 aromatic rings. The summed E-state index contributed by atoms with van der Waals surface area (Å²) in [5.74, 6) is 0.710. The molecule has 0 aliphatic heterocycles. The predicted octanol–water partition coefficient (Wildman–Crippen LogP) is 4.44. The zero-order valence-corrected chi connectivity index (χ0v) is 14.2. The SMILES string of the molecule is CCOc1cc(/C=C/[N+](=O)[O-])cc(Cl)c1OCc1ccccc1C#N. The van der Waals surface area contributed by atoms with E-state index < -0.39 is 4.92 Å². The van der Waals surface area contributed by atoms with Crippen LogP contribution < -0.4 is 9.47 Å².